The van der Waals surface area contributed by atoms with Gasteiger partial charge in [0.1, 0.15) is 7.05 Å². The van der Waals surface area contributed by atoms with Gasteiger partial charge in [-0.15, -0.1) is 0 Å². The average molecular weight is 500 g/mol. The van der Waals surface area contributed by atoms with E-state index < -0.39 is 5.89 Å². The van der Waals surface area contributed by atoms with E-state index in [4.69, 9.17) is 0 Å². The topological polar surface area (TPSA) is 3.88 Å². The molecule has 0 saturated heterocycles. The van der Waals surface area contributed by atoms with Crippen molar-refractivity contribution in [2.75, 3.05) is 0 Å². The van der Waals surface area contributed by atoms with Gasteiger partial charge < -0.3 is 0 Å². The van der Waals surface area contributed by atoms with Crippen LogP contribution in [0.2, 0.25) is 0 Å². The Morgan fingerprint density at radius 1 is 0.737 bits per heavy atom. The number of aryl methyl sites for hydroxylation is 3. The average Bonchev–Trinajstić information content (AvgIpc) is 3.54. The van der Waals surface area contributed by atoms with Crippen LogP contribution < -0.4 is 4.57 Å². The summed E-state index contributed by atoms with van der Waals surface area (Å²) in [6, 6.07) is 25.5. The molecule has 3 aliphatic rings. The van der Waals surface area contributed by atoms with Crippen LogP contribution in [0.15, 0.2) is 72.9 Å². The molecule has 4 aromatic rings. The van der Waals surface area contributed by atoms with Crippen molar-refractivity contribution in [1.29, 1.82) is 0 Å². The van der Waals surface area contributed by atoms with Crippen molar-refractivity contribution in [1.82, 2.24) is 0 Å². The Kier molecular flexibility index (Phi) is 5.53. The number of nitrogens with zero attached hydrogens (tertiary/aromatic N) is 1. The van der Waals surface area contributed by atoms with Crippen LogP contribution >= 0.6 is 0 Å². The predicted octanol–water partition coefficient (Wildman–Crippen LogP) is 9.35. The van der Waals surface area contributed by atoms with Crippen LogP contribution in [0.4, 0.5) is 0 Å². The summed E-state index contributed by atoms with van der Waals surface area (Å²) in [4.78, 5) is 0. The zero-order chi connectivity index (χ0) is 26.8. The molecule has 2 saturated carbocycles. The van der Waals surface area contributed by atoms with Gasteiger partial charge in [0.2, 0.25) is 5.69 Å². The molecule has 7 rings (SSSR count). The van der Waals surface area contributed by atoms with E-state index in [1.807, 2.05) is 0 Å². The first kappa shape index (κ1) is 22.8. The Labute approximate surface area is 230 Å². The molecule has 0 amide bonds. The Balaban J connectivity index is 1.46. The summed E-state index contributed by atoms with van der Waals surface area (Å²) in [5.41, 5.74) is 15.0. The fraction of sp³-hybridized carbons (Fsp3) is 0.378. The standard InChI is InChI=1S/C37H40N/c1-25-15-17-30-31-18-16-28(22-35(31)37(34(30)21-25)19-9-10-20-37)32-23-36(29-14-8-7-11-26(29)2)38(3)24-33(32)27-12-5-4-6-13-27/h7-8,11,14-18,21-24,27H,4-6,9-10,12-13,19-20H2,1-3H3/q+1/i27D. The first-order chi connectivity index (χ1) is 18.9. The zero-order valence-electron chi connectivity index (χ0n) is 24.2. The fourth-order valence-corrected chi connectivity index (χ4v) is 7.84. The highest BCUT2D eigenvalue weighted by Gasteiger charge is 2.45. The van der Waals surface area contributed by atoms with E-state index in [9.17, 15) is 1.37 Å². The summed E-state index contributed by atoms with van der Waals surface area (Å²) < 4.78 is 12.0. The Morgan fingerprint density at radius 3 is 2.21 bits per heavy atom. The van der Waals surface area contributed by atoms with Gasteiger partial charge in [-0.3, -0.25) is 0 Å². The lowest BCUT2D eigenvalue weighted by molar-refractivity contribution is -0.660. The molecule has 38 heavy (non-hydrogen) atoms. The normalized spacial score (nSPS) is 19.3. The van der Waals surface area contributed by atoms with Gasteiger partial charge in [0, 0.05) is 24.0 Å². The molecule has 0 unspecified atom stereocenters. The highest BCUT2D eigenvalue weighted by molar-refractivity contribution is 5.85. The Bertz CT molecular complexity index is 1580. The van der Waals surface area contributed by atoms with Gasteiger partial charge in [-0.1, -0.05) is 86.2 Å². The summed E-state index contributed by atoms with van der Waals surface area (Å²) in [6.45, 7) is 4.44. The van der Waals surface area contributed by atoms with Crippen molar-refractivity contribution < 1.29 is 5.94 Å². The molecule has 1 nitrogen and oxygen atoms in total. The number of benzene rings is 3. The quantitative estimate of drug-likeness (QED) is 0.247. The largest absolute Gasteiger partial charge is 0.213 e. The highest BCUT2D eigenvalue weighted by atomic mass is 14.9. The lowest BCUT2D eigenvalue weighted by Gasteiger charge is -2.28. The van der Waals surface area contributed by atoms with E-state index in [1.165, 1.54) is 87.9 Å². The molecular formula is C37H40N+. The van der Waals surface area contributed by atoms with Gasteiger partial charge in [-0.2, -0.15) is 0 Å². The number of rotatable bonds is 3. The van der Waals surface area contributed by atoms with Crippen LogP contribution in [0.25, 0.3) is 33.5 Å². The minimum Gasteiger partial charge on any atom is -0.201 e. The number of aromatic nitrogens is 1. The first-order valence-electron chi connectivity index (χ1n) is 15.3. The summed E-state index contributed by atoms with van der Waals surface area (Å²) in [7, 11) is 2.16. The molecule has 0 atom stereocenters. The second-order valence-corrected chi connectivity index (χ2v) is 12.2. The molecule has 0 radical (unpaired) electrons. The Morgan fingerprint density at radius 2 is 1.45 bits per heavy atom. The van der Waals surface area contributed by atoms with E-state index in [-0.39, 0.29) is 5.41 Å². The fourth-order valence-electron chi connectivity index (χ4n) is 7.84. The molecule has 1 spiro atoms. The van der Waals surface area contributed by atoms with E-state index in [2.05, 4.69) is 98.4 Å². The van der Waals surface area contributed by atoms with Gasteiger partial charge in [0.05, 0.1) is 0 Å². The van der Waals surface area contributed by atoms with Gasteiger partial charge in [0.15, 0.2) is 6.20 Å². The predicted molar refractivity (Wildman–Crippen MR) is 158 cm³/mol. The molecule has 3 aromatic carbocycles. The van der Waals surface area contributed by atoms with Crippen LogP contribution in [0, 0.1) is 13.8 Å². The van der Waals surface area contributed by atoms with Crippen LogP contribution in [0.1, 0.15) is 92.9 Å². The minimum atomic E-state index is -0.528. The molecule has 2 fully saturated rings. The summed E-state index contributed by atoms with van der Waals surface area (Å²) >= 11 is 0. The molecule has 0 aliphatic heterocycles. The monoisotopic (exact) mass is 499 g/mol. The SMILES string of the molecule is [2H]C1(c2c[n+](C)c(-c3ccccc3C)cc2-c2ccc3c(c2)C2(CCCC2)c2cc(C)ccc2-3)CCCCC1. The highest BCUT2D eigenvalue weighted by Crippen LogP contribution is 2.57. The summed E-state index contributed by atoms with van der Waals surface area (Å²) in [5.74, 6) is -0.528. The van der Waals surface area contributed by atoms with Crippen molar-refractivity contribution in [3.63, 3.8) is 0 Å². The van der Waals surface area contributed by atoms with Gasteiger partial charge in [-0.05, 0) is 96.5 Å². The third kappa shape index (κ3) is 3.69. The molecular weight excluding hydrogens is 458 g/mol. The molecule has 1 heteroatoms. The molecule has 1 aromatic heterocycles. The second kappa shape index (κ2) is 9.23. The molecule has 1 heterocycles. The molecule has 3 aliphatic carbocycles. The van der Waals surface area contributed by atoms with Crippen molar-refractivity contribution in [3.05, 3.63) is 101 Å². The van der Waals surface area contributed by atoms with Gasteiger partial charge in [-0.25, -0.2) is 4.57 Å². The Hall–Kier alpha value is -3.19. The van der Waals surface area contributed by atoms with Crippen LogP contribution in [-0.4, -0.2) is 0 Å². The summed E-state index contributed by atoms with van der Waals surface area (Å²) in [5, 5.41) is 0. The maximum atomic E-state index is 9.69. The van der Waals surface area contributed by atoms with Gasteiger partial charge in [0.25, 0.3) is 0 Å². The molecule has 0 bridgehead atoms. The minimum absolute atomic E-state index is 0.147. The van der Waals surface area contributed by atoms with Gasteiger partial charge >= 0.3 is 0 Å². The third-order valence-corrected chi connectivity index (χ3v) is 9.82. The number of hydrogen-bond donors (Lipinski definition) is 0. The van der Waals surface area contributed by atoms with E-state index in [1.54, 1.807) is 5.56 Å². The molecule has 0 N–H and O–H groups in total. The first-order valence-corrected chi connectivity index (χ1v) is 14.8. The number of fused-ring (bicyclic) bond motifs is 5. The maximum Gasteiger partial charge on any atom is 0.213 e. The third-order valence-electron chi connectivity index (χ3n) is 9.82. The van der Waals surface area contributed by atoms with Crippen LogP contribution in [0.3, 0.4) is 0 Å². The van der Waals surface area contributed by atoms with E-state index in [0.29, 0.717) is 0 Å². The lowest BCUT2D eigenvalue weighted by Crippen LogP contribution is -2.32. The van der Waals surface area contributed by atoms with Crippen LogP contribution in [0.5, 0.6) is 0 Å². The molecule has 192 valence electrons. The lowest BCUT2D eigenvalue weighted by atomic mass is 9.75. The smallest absolute Gasteiger partial charge is 0.201 e. The summed E-state index contributed by atoms with van der Waals surface area (Å²) in [6.07, 6.45) is 12.8. The zero-order valence-corrected chi connectivity index (χ0v) is 23.2. The number of pyridine rings is 1. The van der Waals surface area contributed by atoms with Crippen molar-refractivity contribution in [3.8, 4) is 33.5 Å². The van der Waals surface area contributed by atoms with Crippen molar-refractivity contribution >= 4 is 0 Å². The van der Waals surface area contributed by atoms with E-state index >= 15 is 0 Å². The maximum absolute atomic E-state index is 9.69. The van der Waals surface area contributed by atoms with E-state index in [0.717, 1.165) is 25.7 Å². The second-order valence-electron chi connectivity index (χ2n) is 12.2. The van der Waals surface area contributed by atoms with Crippen LogP contribution in [-0.2, 0) is 12.5 Å². The van der Waals surface area contributed by atoms with Crippen molar-refractivity contribution in [2.45, 2.75) is 82.9 Å². The number of hydrogen-bond acceptors (Lipinski definition) is 0. The van der Waals surface area contributed by atoms with Crippen molar-refractivity contribution in [2.24, 2.45) is 7.05 Å².